The first kappa shape index (κ1) is 15.2. The molecule has 0 amide bonds. The number of hydrogen-bond acceptors (Lipinski definition) is 1. The molecule has 0 heterocycles. The van der Waals surface area contributed by atoms with Crippen LogP contribution in [0.3, 0.4) is 0 Å². The molecule has 0 aromatic carbocycles. The molecule has 0 unspecified atom stereocenters. The smallest absolute Gasteiger partial charge is 0.308 e. The Kier molecular flexibility index (Phi) is 9.80. The fraction of sp³-hybridized carbons (Fsp3) is 0.900. The Morgan fingerprint density at radius 3 is 1.77 bits per heavy atom. The van der Waals surface area contributed by atoms with Crippen molar-refractivity contribution in [3.05, 3.63) is 0 Å². The van der Waals surface area contributed by atoms with Gasteiger partial charge >= 0.3 is 5.97 Å². The summed E-state index contributed by atoms with van der Waals surface area (Å²) < 4.78 is 0. The van der Waals surface area contributed by atoms with Gasteiger partial charge in [-0.25, -0.2) is 0 Å². The summed E-state index contributed by atoms with van der Waals surface area (Å²) in [4.78, 5) is 10.0. The molecule has 3 heteroatoms. The molecule has 0 aliphatic carbocycles. The molecule has 80 valence electrons. The highest BCUT2D eigenvalue weighted by molar-refractivity contribution is 6.17. The number of carboxylic acid groups (broad SMARTS) is 1. The molecule has 0 radical (unpaired) electrons. The molecule has 0 bridgehead atoms. The molecule has 0 aliphatic rings. The summed E-state index contributed by atoms with van der Waals surface area (Å²) in [5, 5.41) is 8.25. The number of carbonyl (C=O) groups is 1. The highest BCUT2D eigenvalue weighted by Crippen LogP contribution is 2.11. The van der Waals surface area contributed by atoms with Crippen molar-refractivity contribution in [2.75, 3.05) is 5.88 Å². The monoisotopic (exact) mass is 208 g/mol. The molecule has 0 spiro atoms. The molecular weight excluding hydrogens is 188 g/mol. The highest BCUT2D eigenvalue weighted by atomic mass is 35.5. The number of unbranched alkanes of at least 4 members (excludes halogenated alkanes) is 2. The number of carboxylic acids is 1. The quantitative estimate of drug-likeness (QED) is 0.569. The summed E-state index contributed by atoms with van der Waals surface area (Å²) in [5.74, 6) is 0.0703. The van der Waals surface area contributed by atoms with Gasteiger partial charge in [-0.2, -0.15) is 0 Å². The number of alkyl halides is 1. The Bertz CT molecular complexity index is 123. The van der Waals surface area contributed by atoms with Crippen molar-refractivity contribution in [3.8, 4) is 0 Å². The van der Waals surface area contributed by atoms with Gasteiger partial charge in [0.2, 0.25) is 0 Å². The fourth-order valence-corrected chi connectivity index (χ4v) is 0.533. The van der Waals surface area contributed by atoms with Crippen molar-refractivity contribution in [2.45, 2.75) is 47.0 Å². The van der Waals surface area contributed by atoms with Crippen LogP contribution in [-0.2, 0) is 4.79 Å². The van der Waals surface area contributed by atoms with Crippen molar-refractivity contribution in [2.24, 2.45) is 5.41 Å². The normalized spacial score (nSPS) is 10.2. The van der Waals surface area contributed by atoms with E-state index in [1.165, 1.54) is 19.3 Å². The maximum atomic E-state index is 10.0. The van der Waals surface area contributed by atoms with Crippen LogP contribution in [0.25, 0.3) is 0 Å². The fourth-order valence-electron chi connectivity index (χ4n) is 0.344. The Morgan fingerprint density at radius 2 is 1.69 bits per heavy atom. The summed E-state index contributed by atoms with van der Waals surface area (Å²) in [6.45, 7) is 7.16. The second-order valence-corrected chi connectivity index (χ2v) is 4.33. The molecule has 0 rings (SSSR count). The largest absolute Gasteiger partial charge is 0.481 e. The van der Waals surface area contributed by atoms with E-state index >= 15 is 0 Å². The van der Waals surface area contributed by atoms with Crippen molar-refractivity contribution in [1.82, 2.24) is 0 Å². The van der Waals surface area contributed by atoms with Gasteiger partial charge in [-0.3, -0.25) is 4.79 Å². The van der Waals surface area contributed by atoms with Crippen LogP contribution in [0.1, 0.15) is 47.0 Å². The Morgan fingerprint density at radius 1 is 1.31 bits per heavy atom. The first-order valence-corrected chi connectivity index (χ1v) is 5.19. The van der Waals surface area contributed by atoms with Crippen LogP contribution in [0, 0.1) is 5.41 Å². The lowest BCUT2D eigenvalue weighted by Crippen LogP contribution is -2.18. The van der Waals surface area contributed by atoms with E-state index in [0.717, 1.165) is 5.88 Å². The maximum Gasteiger partial charge on any atom is 0.308 e. The molecule has 0 atom stereocenters. The molecule has 0 aromatic rings. The highest BCUT2D eigenvalue weighted by Gasteiger charge is 2.18. The van der Waals surface area contributed by atoms with E-state index in [1.807, 2.05) is 0 Å². The second-order valence-electron chi connectivity index (χ2n) is 3.95. The van der Waals surface area contributed by atoms with Crippen LogP contribution in [0.5, 0.6) is 0 Å². The van der Waals surface area contributed by atoms with E-state index in [9.17, 15) is 4.79 Å². The molecule has 0 fully saturated rings. The Labute approximate surface area is 86.3 Å². The molecule has 0 aliphatic heterocycles. The lowest BCUT2D eigenvalue weighted by Gasteiger charge is -2.08. The van der Waals surface area contributed by atoms with Crippen LogP contribution in [-0.4, -0.2) is 17.0 Å². The van der Waals surface area contributed by atoms with Gasteiger partial charge < -0.3 is 5.11 Å². The van der Waals surface area contributed by atoms with Gasteiger partial charge in [0.05, 0.1) is 5.41 Å². The van der Waals surface area contributed by atoms with Gasteiger partial charge in [-0.1, -0.05) is 19.8 Å². The molecule has 13 heavy (non-hydrogen) atoms. The van der Waals surface area contributed by atoms with E-state index < -0.39 is 11.4 Å². The van der Waals surface area contributed by atoms with Crippen molar-refractivity contribution < 1.29 is 9.90 Å². The van der Waals surface area contributed by atoms with Crippen LogP contribution in [0.15, 0.2) is 0 Å². The third-order valence-electron chi connectivity index (χ3n) is 1.38. The van der Waals surface area contributed by atoms with Gasteiger partial charge in [0.1, 0.15) is 0 Å². The van der Waals surface area contributed by atoms with E-state index in [0.29, 0.717) is 0 Å². The first-order valence-electron chi connectivity index (χ1n) is 4.65. The summed E-state index contributed by atoms with van der Waals surface area (Å²) in [6.07, 6.45) is 3.73. The SMILES string of the molecule is CC(C)(C)C(=O)O.CCCCCCl. The zero-order valence-corrected chi connectivity index (χ0v) is 9.82. The average Bonchev–Trinajstić information content (AvgIpc) is 2.00. The standard InChI is InChI=1S/C5H11Cl.C5H10O2/c1-2-3-4-5-6;1-5(2,3)4(6)7/h2-5H2,1H3;1-3H3,(H,6,7). The van der Waals surface area contributed by atoms with Gasteiger partial charge in [0.15, 0.2) is 0 Å². The number of halogens is 1. The molecule has 0 aromatic heterocycles. The van der Waals surface area contributed by atoms with Gasteiger partial charge in [0, 0.05) is 5.88 Å². The van der Waals surface area contributed by atoms with Gasteiger partial charge in [0.25, 0.3) is 0 Å². The predicted octanol–water partition coefficient (Wildman–Crippen LogP) is 3.53. The van der Waals surface area contributed by atoms with Crippen LogP contribution in [0.2, 0.25) is 0 Å². The minimum atomic E-state index is -0.757. The van der Waals surface area contributed by atoms with Gasteiger partial charge in [-0.15, -0.1) is 11.6 Å². The minimum Gasteiger partial charge on any atom is -0.481 e. The van der Waals surface area contributed by atoms with Crippen molar-refractivity contribution in [3.63, 3.8) is 0 Å². The summed E-state index contributed by atoms with van der Waals surface area (Å²) in [6, 6.07) is 0. The molecule has 0 saturated carbocycles. The zero-order valence-electron chi connectivity index (χ0n) is 9.06. The zero-order chi connectivity index (χ0) is 10.9. The predicted molar refractivity (Wildman–Crippen MR) is 57.3 cm³/mol. The minimum absolute atomic E-state index is 0.583. The number of rotatable bonds is 3. The van der Waals surface area contributed by atoms with Gasteiger partial charge in [-0.05, 0) is 27.2 Å². The summed E-state index contributed by atoms with van der Waals surface area (Å²) in [7, 11) is 0. The third-order valence-corrected chi connectivity index (χ3v) is 1.65. The third kappa shape index (κ3) is 14.6. The van der Waals surface area contributed by atoms with E-state index in [4.69, 9.17) is 16.7 Å². The molecule has 2 nitrogen and oxygen atoms in total. The van der Waals surface area contributed by atoms with Crippen LogP contribution in [0.4, 0.5) is 0 Å². The number of hydrogen-bond donors (Lipinski definition) is 1. The van der Waals surface area contributed by atoms with E-state index in [-0.39, 0.29) is 0 Å². The van der Waals surface area contributed by atoms with E-state index in [1.54, 1.807) is 20.8 Å². The molecule has 1 N–H and O–H groups in total. The van der Waals surface area contributed by atoms with Crippen molar-refractivity contribution in [1.29, 1.82) is 0 Å². The topological polar surface area (TPSA) is 37.3 Å². The van der Waals surface area contributed by atoms with Crippen LogP contribution >= 0.6 is 11.6 Å². The Balaban J connectivity index is 0. The van der Waals surface area contributed by atoms with E-state index in [2.05, 4.69) is 6.92 Å². The first-order chi connectivity index (χ1) is 5.86. The Hall–Kier alpha value is -0.240. The summed E-state index contributed by atoms with van der Waals surface area (Å²) in [5.41, 5.74) is -0.583. The maximum absolute atomic E-state index is 10.0. The van der Waals surface area contributed by atoms with Crippen LogP contribution < -0.4 is 0 Å². The molecular formula is C10H21ClO2. The van der Waals surface area contributed by atoms with Crippen molar-refractivity contribution >= 4 is 17.6 Å². The number of aliphatic carboxylic acids is 1. The lowest BCUT2D eigenvalue weighted by molar-refractivity contribution is -0.145. The average molecular weight is 209 g/mol. The molecule has 0 saturated heterocycles. The second kappa shape index (κ2) is 8.36. The lowest BCUT2D eigenvalue weighted by atomic mass is 9.98. The summed E-state index contributed by atoms with van der Waals surface area (Å²) >= 11 is 5.38.